The van der Waals surface area contributed by atoms with Crippen molar-refractivity contribution in [2.75, 3.05) is 0 Å². The van der Waals surface area contributed by atoms with Gasteiger partial charge in [-0.25, -0.2) is 9.79 Å². The minimum Gasteiger partial charge on any atom is -0.402 e. The standard InChI is InChI=1S/C18H10ClN3O6/c19-14-9-6-12(10-16(14)22(26)27)17-20-15(18(23)28-17)3-1-2-11-4-7-13(8-5-11)21(24)25/h1-10H/b2-1+,15-3-. The fourth-order valence-electron chi connectivity index (χ4n) is 2.29. The highest BCUT2D eigenvalue weighted by Gasteiger charge is 2.25. The van der Waals surface area contributed by atoms with Crippen LogP contribution < -0.4 is 0 Å². The third kappa shape index (κ3) is 4.10. The van der Waals surface area contributed by atoms with Crippen LogP contribution in [0.15, 0.2) is 65.3 Å². The summed E-state index contributed by atoms with van der Waals surface area (Å²) in [7, 11) is 0. The van der Waals surface area contributed by atoms with Crippen molar-refractivity contribution in [3.05, 3.63) is 96.7 Å². The normalized spacial score (nSPS) is 15.0. The molecule has 0 saturated carbocycles. The second-order valence-electron chi connectivity index (χ2n) is 5.49. The highest BCUT2D eigenvalue weighted by Crippen LogP contribution is 2.27. The van der Waals surface area contributed by atoms with Crippen LogP contribution in [0.3, 0.4) is 0 Å². The molecule has 9 nitrogen and oxygen atoms in total. The lowest BCUT2D eigenvalue weighted by molar-refractivity contribution is -0.385. The van der Waals surface area contributed by atoms with Crippen LogP contribution in [0.1, 0.15) is 11.1 Å². The van der Waals surface area contributed by atoms with Gasteiger partial charge in [-0.3, -0.25) is 20.2 Å². The van der Waals surface area contributed by atoms with Gasteiger partial charge in [0.15, 0.2) is 5.70 Å². The number of halogens is 1. The molecule has 2 aromatic carbocycles. The summed E-state index contributed by atoms with van der Waals surface area (Å²) in [6.07, 6.45) is 4.57. The molecule has 0 saturated heterocycles. The summed E-state index contributed by atoms with van der Waals surface area (Å²) in [5.41, 5.74) is 0.582. The topological polar surface area (TPSA) is 125 Å². The molecular formula is C18H10ClN3O6. The van der Waals surface area contributed by atoms with Gasteiger partial charge in [-0.1, -0.05) is 23.8 Å². The number of esters is 1. The minimum atomic E-state index is -0.707. The molecule has 0 unspecified atom stereocenters. The van der Waals surface area contributed by atoms with E-state index in [1.807, 2.05) is 0 Å². The van der Waals surface area contributed by atoms with Crippen molar-refractivity contribution in [1.29, 1.82) is 0 Å². The van der Waals surface area contributed by atoms with E-state index >= 15 is 0 Å². The highest BCUT2D eigenvalue weighted by molar-refractivity contribution is 6.32. The molecule has 0 spiro atoms. The van der Waals surface area contributed by atoms with Crippen molar-refractivity contribution in [1.82, 2.24) is 0 Å². The number of nitro benzene ring substituents is 2. The van der Waals surface area contributed by atoms with Crippen molar-refractivity contribution in [3.8, 4) is 0 Å². The highest BCUT2D eigenvalue weighted by atomic mass is 35.5. The SMILES string of the molecule is O=C1OC(c2ccc(Cl)c([N+](=O)[O-])c2)=N/C1=C\C=C\c1ccc([N+](=O)[O-])cc1. The number of nitrogens with zero attached hydrogens (tertiary/aromatic N) is 3. The second kappa shape index (κ2) is 7.80. The molecule has 3 rings (SSSR count). The maximum atomic E-state index is 11.9. The molecule has 0 aliphatic carbocycles. The average Bonchev–Trinajstić information content (AvgIpc) is 3.03. The first-order chi connectivity index (χ1) is 13.3. The zero-order valence-corrected chi connectivity index (χ0v) is 14.7. The predicted molar refractivity (Wildman–Crippen MR) is 101 cm³/mol. The van der Waals surface area contributed by atoms with Crippen LogP contribution in [0.4, 0.5) is 11.4 Å². The van der Waals surface area contributed by atoms with Gasteiger partial charge in [0, 0.05) is 23.8 Å². The Morgan fingerprint density at radius 1 is 1.04 bits per heavy atom. The van der Waals surface area contributed by atoms with Crippen molar-refractivity contribution in [2.24, 2.45) is 4.99 Å². The summed E-state index contributed by atoms with van der Waals surface area (Å²) in [6.45, 7) is 0. The van der Waals surface area contributed by atoms with E-state index in [9.17, 15) is 25.0 Å². The molecule has 2 aromatic rings. The third-order valence-corrected chi connectivity index (χ3v) is 3.98. The maximum absolute atomic E-state index is 11.9. The van der Waals surface area contributed by atoms with Gasteiger partial charge >= 0.3 is 5.97 Å². The van der Waals surface area contributed by atoms with E-state index in [1.54, 1.807) is 18.2 Å². The van der Waals surface area contributed by atoms with Crippen LogP contribution in [0, 0.1) is 20.2 Å². The molecule has 28 heavy (non-hydrogen) atoms. The van der Waals surface area contributed by atoms with E-state index in [4.69, 9.17) is 16.3 Å². The van der Waals surface area contributed by atoms with Gasteiger partial charge < -0.3 is 4.74 Å². The zero-order chi connectivity index (χ0) is 20.3. The van der Waals surface area contributed by atoms with Crippen molar-refractivity contribution in [2.45, 2.75) is 0 Å². The monoisotopic (exact) mass is 399 g/mol. The van der Waals surface area contributed by atoms with E-state index < -0.39 is 15.8 Å². The first-order valence-electron chi connectivity index (χ1n) is 7.73. The number of hydrogen-bond donors (Lipinski definition) is 0. The molecule has 0 radical (unpaired) electrons. The lowest BCUT2D eigenvalue weighted by Crippen LogP contribution is -2.06. The number of hydrogen-bond acceptors (Lipinski definition) is 7. The van der Waals surface area contributed by atoms with Crippen LogP contribution in [-0.2, 0) is 9.53 Å². The Morgan fingerprint density at radius 2 is 1.75 bits per heavy atom. The summed E-state index contributed by atoms with van der Waals surface area (Å²) in [6, 6.07) is 9.78. The van der Waals surface area contributed by atoms with E-state index in [0.29, 0.717) is 5.56 Å². The van der Waals surface area contributed by atoms with Crippen LogP contribution >= 0.6 is 11.6 Å². The Hall–Kier alpha value is -3.85. The average molecular weight is 400 g/mol. The summed E-state index contributed by atoms with van der Waals surface area (Å²) >= 11 is 5.76. The number of ether oxygens (including phenoxy) is 1. The van der Waals surface area contributed by atoms with Gasteiger partial charge in [0.1, 0.15) is 5.02 Å². The second-order valence-corrected chi connectivity index (χ2v) is 5.90. The van der Waals surface area contributed by atoms with E-state index in [0.717, 1.165) is 0 Å². The number of carbonyl (C=O) groups is 1. The number of nitro groups is 2. The Kier molecular flexibility index (Phi) is 5.28. The van der Waals surface area contributed by atoms with Crippen molar-refractivity contribution in [3.63, 3.8) is 0 Å². The van der Waals surface area contributed by atoms with E-state index in [-0.39, 0.29) is 33.6 Å². The van der Waals surface area contributed by atoms with Gasteiger partial charge in [-0.05, 0) is 35.9 Å². The fraction of sp³-hybridized carbons (Fsp3) is 0. The summed E-state index contributed by atoms with van der Waals surface area (Å²) in [5, 5.41) is 21.6. The number of aliphatic imine (C=N–C) groups is 1. The van der Waals surface area contributed by atoms with Crippen LogP contribution in [-0.4, -0.2) is 21.7 Å². The molecule has 0 bridgehead atoms. The summed E-state index contributed by atoms with van der Waals surface area (Å²) < 4.78 is 5.05. The molecule has 0 aromatic heterocycles. The smallest absolute Gasteiger partial charge is 0.363 e. The maximum Gasteiger partial charge on any atom is 0.363 e. The number of rotatable bonds is 5. The van der Waals surface area contributed by atoms with Crippen molar-refractivity contribution < 1.29 is 19.4 Å². The van der Waals surface area contributed by atoms with E-state index in [2.05, 4.69) is 4.99 Å². The fourth-order valence-corrected chi connectivity index (χ4v) is 2.48. The number of carbonyl (C=O) groups excluding carboxylic acids is 1. The first-order valence-corrected chi connectivity index (χ1v) is 8.11. The Labute approximate surface area is 162 Å². The predicted octanol–water partition coefficient (Wildman–Crippen LogP) is 4.06. The molecule has 1 aliphatic heterocycles. The number of allylic oxidation sites excluding steroid dienone is 2. The summed E-state index contributed by atoms with van der Waals surface area (Å²) in [5.74, 6) is -0.777. The van der Waals surface area contributed by atoms with Gasteiger partial charge in [0.05, 0.1) is 9.85 Å². The Balaban J connectivity index is 1.80. The van der Waals surface area contributed by atoms with Gasteiger partial charge in [0.25, 0.3) is 11.4 Å². The summed E-state index contributed by atoms with van der Waals surface area (Å²) in [4.78, 5) is 36.4. The molecule has 1 heterocycles. The first kappa shape index (κ1) is 18.9. The van der Waals surface area contributed by atoms with Gasteiger partial charge in [-0.15, -0.1) is 0 Å². The Morgan fingerprint density at radius 3 is 2.39 bits per heavy atom. The van der Waals surface area contributed by atoms with Crippen LogP contribution in [0.5, 0.6) is 0 Å². The molecular weight excluding hydrogens is 390 g/mol. The molecule has 0 atom stereocenters. The largest absolute Gasteiger partial charge is 0.402 e. The van der Waals surface area contributed by atoms with E-state index in [1.165, 1.54) is 42.5 Å². The lowest BCUT2D eigenvalue weighted by atomic mass is 10.2. The number of non-ortho nitro benzene ring substituents is 1. The zero-order valence-electron chi connectivity index (χ0n) is 13.9. The Bertz CT molecular complexity index is 1070. The van der Waals surface area contributed by atoms with Crippen molar-refractivity contribution >= 4 is 40.9 Å². The quantitative estimate of drug-likeness (QED) is 0.323. The number of cyclic esters (lactones) is 1. The molecule has 0 N–H and O–H groups in total. The van der Waals surface area contributed by atoms with Gasteiger partial charge in [0.2, 0.25) is 5.90 Å². The van der Waals surface area contributed by atoms with Crippen LogP contribution in [0.25, 0.3) is 6.08 Å². The lowest BCUT2D eigenvalue weighted by Gasteiger charge is -2.00. The number of benzene rings is 2. The van der Waals surface area contributed by atoms with Gasteiger partial charge in [-0.2, -0.15) is 0 Å². The molecule has 0 fully saturated rings. The molecule has 0 amide bonds. The molecule has 10 heteroatoms. The minimum absolute atomic E-state index is 0.00534. The molecule has 1 aliphatic rings. The molecule has 140 valence electrons. The van der Waals surface area contributed by atoms with Crippen LogP contribution in [0.2, 0.25) is 5.02 Å². The third-order valence-electron chi connectivity index (χ3n) is 3.66.